The van der Waals surface area contributed by atoms with Crippen LogP contribution in [0, 0.1) is 0 Å². The smallest absolute Gasteiger partial charge is 0.0716 e. The van der Waals surface area contributed by atoms with Crippen LogP contribution in [0.1, 0.15) is 17.5 Å². The van der Waals surface area contributed by atoms with E-state index in [9.17, 15) is 0 Å². The summed E-state index contributed by atoms with van der Waals surface area (Å²) in [6.45, 7) is 3.50. The number of benzene rings is 1. The van der Waals surface area contributed by atoms with E-state index in [0.717, 1.165) is 26.1 Å². The van der Waals surface area contributed by atoms with E-state index < -0.39 is 0 Å². The quantitative estimate of drug-likeness (QED) is 0.739. The Morgan fingerprint density at radius 2 is 2.05 bits per heavy atom. The lowest BCUT2D eigenvalue weighted by Crippen LogP contribution is -2.17. The van der Waals surface area contributed by atoms with Gasteiger partial charge in [-0.05, 0) is 30.2 Å². The van der Waals surface area contributed by atoms with Gasteiger partial charge in [-0.1, -0.05) is 24.3 Å². The summed E-state index contributed by atoms with van der Waals surface area (Å²) < 4.78 is 7.16. The lowest BCUT2D eigenvalue weighted by Gasteiger charge is -2.10. The van der Waals surface area contributed by atoms with Gasteiger partial charge in [0.05, 0.1) is 6.61 Å². The fourth-order valence-corrected chi connectivity index (χ4v) is 2.05. The molecular formula is C15H21N3O. The van der Waals surface area contributed by atoms with Gasteiger partial charge in [0, 0.05) is 32.6 Å². The van der Waals surface area contributed by atoms with Crippen LogP contribution in [0.25, 0.3) is 0 Å². The molecule has 1 aromatic carbocycles. The zero-order valence-corrected chi connectivity index (χ0v) is 11.4. The summed E-state index contributed by atoms with van der Waals surface area (Å²) in [6, 6.07) is 10.3. The van der Waals surface area contributed by atoms with Crippen LogP contribution >= 0.6 is 0 Å². The minimum atomic E-state index is 0.672. The summed E-state index contributed by atoms with van der Waals surface area (Å²) in [5.41, 5.74) is 2.56. The molecule has 0 bridgehead atoms. The average Bonchev–Trinajstić information content (AvgIpc) is 2.94. The molecule has 4 heteroatoms. The van der Waals surface area contributed by atoms with Gasteiger partial charge in [-0.15, -0.1) is 0 Å². The largest absolute Gasteiger partial charge is 0.380 e. The van der Waals surface area contributed by atoms with Gasteiger partial charge in [0.1, 0.15) is 0 Å². The summed E-state index contributed by atoms with van der Waals surface area (Å²) in [5.74, 6) is 0. The molecule has 1 N–H and O–H groups in total. The molecular weight excluding hydrogens is 238 g/mol. The molecule has 1 aromatic heterocycles. The van der Waals surface area contributed by atoms with E-state index >= 15 is 0 Å². The molecule has 1 heterocycles. The first-order valence-corrected chi connectivity index (χ1v) is 6.64. The van der Waals surface area contributed by atoms with Gasteiger partial charge in [-0.25, -0.2) is 0 Å². The van der Waals surface area contributed by atoms with Gasteiger partial charge < -0.3 is 10.1 Å². The second kappa shape index (κ2) is 7.71. The van der Waals surface area contributed by atoms with Crippen molar-refractivity contribution in [3.05, 3.63) is 53.9 Å². The number of hydrogen-bond donors (Lipinski definition) is 1. The van der Waals surface area contributed by atoms with Crippen molar-refractivity contribution in [1.82, 2.24) is 15.1 Å². The Morgan fingerprint density at radius 3 is 2.79 bits per heavy atom. The van der Waals surface area contributed by atoms with Gasteiger partial charge in [-0.3, -0.25) is 4.68 Å². The Labute approximate surface area is 114 Å². The Kier molecular flexibility index (Phi) is 5.59. The van der Waals surface area contributed by atoms with Crippen LogP contribution in [0.4, 0.5) is 0 Å². The number of hydrogen-bond acceptors (Lipinski definition) is 3. The highest BCUT2D eigenvalue weighted by atomic mass is 16.5. The van der Waals surface area contributed by atoms with Crippen molar-refractivity contribution in [2.75, 3.05) is 13.7 Å². The number of methoxy groups -OCH3 is 1. The minimum absolute atomic E-state index is 0.672. The normalized spacial score (nSPS) is 10.8. The summed E-state index contributed by atoms with van der Waals surface area (Å²) >= 11 is 0. The van der Waals surface area contributed by atoms with E-state index in [-0.39, 0.29) is 0 Å². The van der Waals surface area contributed by atoms with E-state index in [1.54, 1.807) is 7.11 Å². The SMILES string of the molecule is COCc1ccccc1CNCCCn1cccn1. The second-order valence-corrected chi connectivity index (χ2v) is 4.50. The van der Waals surface area contributed by atoms with E-state index in [1.807, 2.05) is 23.1 Å². The van der Waals surface area contributed by atoms with Crippen LogP contribution < -0.4 is 5.32 Å². The molecule has 0 fully saturated rings. The molecule has 102 valence electrons. The summed E-state index contributed by atoms with van der Waals surface area (Å²) in [7, 11) is 1.73. The molecule has 0 aliphatic carbocycles. The molecule has 0 saturated heterocycles. The zero-order chi connectivity index (χ0) is 13.3. The third-order valence-corrected chi connectivity index (χ3v) is 3.03. The van der Waals surface area contributed by atoms with Crippen LogP contribution in [0.3, 0.4) is 0 Å². The summed E-state index contributed by atoms with van der Waals surface area (Å²) in [5, 5.41) is 7.65. The predicted molar refractivity (Wildman–Crippen MR) is 75.7 cm³/mol. The molecule has 0 amide bonds. The van der Waals surface area contributed by atoms with Crippen molar-refractivity contribution in [3.8, 4) is 0 Å². The minimum Gasteiger partial charge on any atom is -0.380 e. The lowest BCUT2D eigenvalue weighted by atomic mass is 10.1. The molecule has 19 heavy (non-hydrogen) atoms. The summed E-state index contributed by atoms with van der Waals surface area (Å²) in [6.07, 6.45) is 4.89. The molecule has 0 radical (unpaired) electrons. The third kappa shape index (κ3) is 4.50. The molecule has 4 nitrogen and oxygen atoms in total. The maximum absolute atomic E-state index is 5.21. The Morgan fingerprint density at radius 1 is 1.21 bits per heavy atom. The first-order valence-electron chi connectivity index (χ1n) is 6.64. The number of nitrogens with zero attached hydrogens (tertiary/aromatic N) is 2. The standard InChI is InChI=1S/C15H21N3O/c1-19-13-15-7-3-2-6-14(15)12-16-8-4-10-18-11-5-9-17-18/h2-3,5-7,9,11,16H,4,8,10,12-13H2,1H3. The van der Waals surface area contributed by atoms with Crippen LogP contribution in [0.2, 0.25) is 0 Å². The fourth-order valence-electron chi connectivity index (χ4n) is 2.05. The van der Waals surface area contributed by atoms with Gasteiger partial charge >= 0.3 is 0 Å². The molecule has 0 aliphatic heterocycles. The Bertz CT molecular complexity index is 468. The van der Waals surface area contributed by atoms with Crippen molar-refractivity contribution in [1.29, 1.82) is 0 Å². The van der Waals surface area contributed by atoms with Gasteiger partial charge in [0.25, 0.3) is 0 Å². The van der Waals surface area contributed by atoms with Crippen LogP contribution in [0.15, 0.2) is 42.7 Å². The van der Waals surface area contributed by atoms with E-state index in [0.29, 0.717) is 6.61 Å². The first kappa shape index (κ1) is 13.8. The lowest BCUT2D eigenvalue weighted by molar-refractivity contribution is 0.184. The molecule has 0 saturated carbocycles. The Balaban J connectivity index is 1.70. The van der Waals surface area contributed by atoms with Crippen molar-refractivity contribution < 1.29 is 4.74 Å². The van der Waals surface area contributed by atoms with E-state index in [4.69, 9.17) is 4.74 Å². The first-order chi connectivity index (χ1) is 9.40. The second-order valence-electron chi connectivity index (χ2n) is 4.50. The van der Waals surface area contributed by atoms with Gasteiger partial charge in [0.2, 0.25) is 0 Å². The van der Waals surface area contributed by atoms with Crippen molar-refractivity contribution in [2.24, 2.45) is 0 Å². The maximum Gasteiger partial charge on any atom is 0.0716 e. The molecule has 0 aliphatic rings. The number of nitrogens with one attached hydrogen (secondary N) is 1. The number of ether oxygens (including phenoxy) is 1. The Hall–Kier alpha value is -1.65. The molecule has 0 spiro atoms. The molecule has 2 aromatic rings. The molecule has 2 rings (SSSR count). The average molecular weight is 259 g/mol. The van der Waals surface area contributed by atoms with Crippen molar-refractivity contribution in [3.63, 3.8) is 0 Å². The van der Waals surface area contributed by atoms with Crippen LogP contribution in [0.5, 0.6) is 0 Å². The zero-order valence-electron chi connectivity index (χ0n) is 11.4. The van der Waals surface area contributed by atoms with Gasteiger partial charge in [0.15, 0.2) is 0 Å². The maximum atomic E-state index is 5.21. The monoisotopic (exact) mass is 259 g/mol. The van der Waals surface area contributed by atoms with Gasteiger partial charge in [-0.2, -0.15) is 5.10 Å². The fraction of sp³-hybridized carbons (Fsp3) is 0.400. The van der Waals surface area contributed by atoms with Crippen LogP contribution in [-0.4, -0.2) is 23.4 Å². The van der Waals surface area contributed by atoms with E-state index in [1.165, 1.54) is 11.1 Å². The highest BCUT2D eigenvalue weighted by Gasteiger charge is 2.00. The highest BCUT2D eigenvalue weighted by Crippen LogP contribution is 2.09. The van der Waals surface area contributed by atoms with Crippen molar-refractivity contribution >= 4 is 0 Å². The highest BCUT2D eigenvalue weighted by molar-refractivity contribution is 5.26. The summed E-state index contributed by atoms with van der Waals surface area (Å²) in [4.78, 5) is 0. The molecule has 0 unspecified atom stereocenters. The number of aromatic nitrogens is 2. The van der Waals surface area contributed by atoms with E-state index in [2.05, 4.69) is 34.7 Å². The number of rotatable bonds is 8. The third-order valence-electron chi connectivity index (χ3n) is 3.03. The van der Waals surface area contributed by atoms with Crippen molar-refractivity contribution in [2.45, 2.75) is 26.1 Å². The van der Waals surface area contributed by atoms with Crippen LogP contribution in [-0.2, 0) is 24.4 Å². The number of aryl methyl sites for hydroxylation is 1. The molecule has 0 atom stereocenters. The predicted octanol–water partition coefficient (Wildman–Crippen LogP) is 2.21. The topological polar surface area (TPSA) is 39.1 Å².